The first kappa shape index (κ1) is 15.0. The Morgan fingerprint density at radius 1 is 1.53 bits per heavy atom. The van der Waals surface area contributed by atoms with Crippen LogP contribution in [0.3, 0.4) is 0 Å². The first-order valence-corrected chi connectivity index (χ1v) is 6.00. The van der Waals surface area contributed by atoms with Crippen LogP contribution in [0.2, 0.25) is 0 Å². The second-order valence-corrected chi connectivity index (χ2v) is 4.06. The molecule has 0 aliphatic heterocycles. The molecule has 1 atom stereocenters. The van der Waals surface area contributed by atoms with E-state index in [-0.39, 0.29) is 22.9 Å². The van der Waals surface area contributed by atoms with Gasteiger partial charge in [-0.3, -0.25) is 9.59 Å². The van der Waals surface area contributed by atoms with Crippen LogP contribution < -0.4 is 10.6 Å². The van der Waals surface area contributed by atoms with Crippen LogP contribution in [0.25, 0.3) is 0 Å². The molecule has 0 radical (unpaired) electrons. The van der Waals surface area contributed by atoms with Crippen LogP contribution in [0.1, 0.15) is 12.5 Å². The predicted molar refractivity (Wildman–Crippen MR) is 71.2 cm³/mol. The van der Waals surface area contributed by atoms with Gasteiger partial charge in [0.1, 0.15) is 23.5 Å². The third-order valence-corrected chi connectivity index (χ3v) is 2.62. The van der Waals surface area contributed by atoms with Gasteiger partial charge in [0.2, 0.25) is 11.8 Å². The Kier molecular flexibility index (Phi) is 5.33. The number of hydrogen-bond acceptors (Lipinski definition) is 4. The summed E-state index contributed by atoms with van der Waals surface area (Å²) in [6.07, 6.45) is 0. The number of amides is 2. The smallest absolute Gasteiger partial charge is 0.247 e. The van der Waals surface area contributed by atoms with E-state index in [1.165, 1.54) is 19.1 Å². The molecule has 1 rings (SSSR count). The number of halogens is 1. The fraction of sp³-hybridized carbons (Fsp3) is 0.250. The van der Waals surface area contributed by atoms with E-state index in [2.05, 4.69) is 23.3 Å². The van der Waals surface area contributed by atoms with Crippen molar-refractivity contribution in [2.24, 2.45) is 0 Å². The van der Waals surface area contributed by atoms with Gasteiger partial charge in [0.05, 0.1) is 5.69 Å². The second kappa shape index (κ2) is 6.75. The van der Waals surface area contributed by atoms with E-state index in [0.29, 0.717) is 0 Å². The van der Waals surface area contributed by atoms with Crippen molar-refractivity contribution < 1.29 is 14.0 Å². The molecule has 0 aliphatic carbocycles. The zero-order chi connectivity index (χ0) is 14.4. The molecular weight excluding hydrogens is 269 g/mol. The SMILES string of the molecule is CC(=O)NC(CS)C(=O)Nc1cccc(F)c1C#N. The van der Waals surface area contributed by atoms with Crippen molar-refractivity contribution in [1.29, 1.82) is 5.26 Å². The van der Waals surface area contributed by atoms with E-state index < -0.39 is 17.8 Å². The lowest BCUT2D eigenvalue weighted by Crippen LogP contribution is -2.44. The second-order valence-electron chi connectivity index (χ2n) is 3.70. The number of nitrogens with one attached hydrogen (secondary N) is 2. The summed E-state index contributed by atoms with van der Waals surface area (Å²) in [6, 6.07) is 4.72. The molecule has 1 aromatic carbocycles. The van der Waals surface area contributed by atoms with Crippen LogP contribution in [0.5, 0.6) is 0 Å². The number of nitrogens with zero attached hydrogens (tertiary/aromatic N) is 1. The van der Waals surface area contributed by atoms with Crippen LogP contribution in [0.15, 0.2) is 18.2 Å². The van der Waals surface area contributed by atoms with E-state index >= 15 is 0 Å². The first-order valence-electron chi connectivity index (χ1n) is 5.37. The maximum atomic E-state index is 13.3. The van der Waals surface area contributed by atoms with E-state index in [9.17, 15) is 14.0 Å². The fourth-order valence-corrected chi connectivity index (χ4v) is 1.66. The largest absolute Gasteiger partial charge is 0.344 e. The number of nitriles is 1. The molecule has 0 bridgehead atoms. The van der Waals surface area contributed by atoms with Gasteiger partial charge >= 0.3 is 0 Å². The molecule has 0 aliphatic rings. The Hall–Kier alpha value is -2.07. The molecular formula is C12H12FN3O2S. The Labute approximate surface area is 115 Å². The minimum absolute atomic E-state index is 0.0598. The number of rotatable bonds is 4. The van der Waals surface area contributed by atoms with Crippen LogP contribution >= 0.6 is 12.6 Å². The summed E-state index contributed by atoms with van der Waals surface area (Å²) in [5.74, 6) is -1.58. The molecule has 7 heteroatoms. The highest BCUT2D eigenvalue weighted by Crippen LogP contribution is 2.17. The molecule has 2 N–H and O–H groups in total. The van der Waals surface area contributed by atoms with Crippen molar-refractivity contribution in [3.63, 3.8) is 0 Å². The molecule has 100 valence electrons. The average Bonchev–Trinajstić information content (AvgIpc) is 2.35. The lowest BCUT2D eigenvalue weighted by Gasteiger charge is -2.15. The molecule has 0 saturated heterocycles. The van der Waals surface area contributed by atoms with E-state index in [1.54, 1.807) is 6.07 Å². The van der Waals surface area contributed by atoms with Gasteiger partial charge in [-0.1, -0.05) is 6.07 Å². The Bertz CT molecular complexity index is 542. The Morgan fingerprint density at radius 3 is 2.74 bits per heavy atom. The van der Waals surface area contributed by atoms with E-state index in [1.807, 2.05) is 0 Å². The number of carbonyl (C=O) groups is 2. The first-order chi connectivity index (χ1) is 8.99. The highest BCUT2D eigenvalue weighted by molar-refractivity contribution is 7.80. The average molecular weight is 281 g/mol. The van der Waals surface area contributed by atoms with Gasteiger partial charge in [-0.15, -0.1) is 0 Å². The molecule has 0 spiro atoms. The van der Waals surface area contributed by atoms with Crippen molar-refractivity contribution in [2.75, 3.05) is 11.1 Å². The maximum Gasteiger partial charge on any atom is 0.247 e. The van der Waals surface area contributed by atoms with Gasteiger partial charge in [-0.2, -0.15) is 17.9 Å². The lowest BCUT2D eigenvalue weighted by molar-refractivity contribution is -0.124. The molecule has 1 aromatic rings. The van der Waals surface area contributed by atoms with E-state index in [0.717, 1.165) is 6.07 Å². The lowest BCUT2D eigenvalue weighted by atomic mass is 10.1. The van der Waals surface area contributed by atoms with E-state index in [4.69, 9.17) is 5.26 Å². The summed E-state index contributed by atoms with van der Waals surface area (Å²) in [4.78, 5) is 22.8. The topological polar surface area (TPSA) is 82.0 Å². The van der Waals surface area contributed by atoms with Gasteiger partial charge < -0.3 is 10.6 Å². The molecule has 0 fully saturated rings. The van der Waals surface area contributed by atoms with Crippen molar-refractivity contribution in [2.45, 2.75) is 13.0 Å². The highest BCUT2D eigenvalue weighted by atomic mass is 32.1. The zero-order valence-corrected chi connectivity index (χ0v) is 11.0. The number of thiol groups is 1. The third kappa shape index (κ3) is 3.96. The summed E-state index contributed by atoms with van der Waals surface area (Å²) in [5.41, 5.74) is -0.193. The molecule has 0 aromatic heterocycles. The Balaban J connectivity index is 2.90. The minimum Gasteiger partial charge on any atom is -0.344 e. The molecule has 2 amide bonds. The summed E-state index contributed by atoms with van der Waals surface area (Å²) >= 11 is 3.95. The van der Waals surface area contributed by atoms with Gasteiger partial charge in [0, 0.05) is 12.7 Å². The van der Waals surface area contributed by atoms with Crippen molar-refractivity contribution in [3.8, 4) is 6.07 Å². The maximum absolute atomic E-state index is 13.3. The highest BCUT2D eigenvalue weighted by Gasteiger charge is 2.19. The van der Waals surface area contributed by atoms with Crippen molar-refractivity contribution in [1.82, 2.24) is 5.32 Å². The van der Waals surface area contributed by atoms with Crippen molar-refractivity contribution >= 4 is 30.1 Å². The van der Waals surface area contributed by atoms with Crippen LogP contribution in [0, 0.1) is 17.1 Å². The predicted octanol–water partition coefficient (Wildman–Crippen LogP) is 1.07. The molecule has 0 heterocycles. The summed E-state index contributed by atoms with van der Waals surface area (Å²) in [5, 5.41) is 13.6. The zero-order valence-electron chi connectivity index (χ0n) is 10.1. The quantitative estimate of drug-likeness (QED) is 0.722. The normalized spacial score (nSPS) is 11.3. The minimum atomic E-state index is -0.851. The van der Waals surface area contributed by atoms with Gasteiger partial charge in [0.25, 0.3) is 0 Å². The van der Waals surface area contributed by atoms with Crippen LogP contribution in [-0.4, -0.2) is 23.6 Å². The van der Waals surface area contributed by atoms with Crippen molar-refractivity contribution in [3.05, 3.63) is 29.6 Å². The molecule has 5 nitrogen and oxygen atoms in total. The van der Waals surface area contributed by atoms with Crippen LogP contribution in [0.4, 0.5) is 10.1 Å². The molecule has 0 saturated carbocycles. The number of benzene rings is 1. The molecule has 1 unspecified atom stereocenters. The number of anilines is 1. The number of carbonyl (C=O) groups excluding carboxylic acids is 2. The van der Waals surface area contributed by atoms with Gasteiger partial charge in [-0.05, 0) is 12.1 Å². The third-order valence-electron chi connectivity index (χ3n) is 2.26. The monoisotopic (exact) mass is 281 g/mol. The van der Waals surface area contributed by atoms with Crippen LogP contribution in [-0.2, 0) is 9.59 Å². The molecule has 19 heavy (non-hydrogen) atoms. The summed E-state index contributed by atoms with van der Waals surface area (Å²) in [7, 11) is 0. The Morgan fingerprint density at radius 2 is 2.21 bits per heavy atom. The standard InChI is InChI=1S/C12H12FN3O2S/c1-7(17)15-11(6-19)12(18)16-10-4-2-3-9(13)8(10)5-14/h2-4,11,19H,6H2,1H3,(H,15,17)(H,16,18). The summed E-state index contributed by atoms with van der Waals surface area (Å²) in [6.45, 7) is 1.27. The number of hydrogen-bond donors (Lipinski definition) is 3. The summed E-state index contributed by atoms with van der Waals surface area (Å²) < 4.78 is 13.3. The fourth-order valence-electron chi connectivity index (χ4n) is 1.40. The van der Waals surface area contributed by atoms with Gasteiger partial charge in [-0.25, -0.2) is 4.39 Å². The van der Waals surface area contributed by atoms with Gasteiger partial charge in [0.15, 0.2) is 0 Å².